The number of amides is 1. The zero-order valence-electron chi connectivity index (χ0n) is 16.7. The zero-order valence-corrected chi connectivity index (χ0v) is 16.7. The molecule has 0 saturated carbocycles. The Labute approximate surface area is 173 Å². The maximum Gasteiger partial charge on any atom is 0.275 e. The van der Waals surface area contributed by atoms with Crippen LogP contribution in [-0.4, -0.2) is 41.6 Å². The van der Waals surface area contributed by atoms with Crippen LogP contribution in [0.15, 0.2) is 61.1 Å². The van der Waals surface area contributed by atoms with E-state index >= 15 is 0 Å². The topological polar surface area (TPSA) is 87.0 Å². The third-order valence-corrected chi connectivity index (χ3v) is 4.61. The number of carbonyl (C=O) groups is 1. The number of hydrogen-bond acceptors (Lipinski definition) is 6. The van der Waals surface area contributed by atoms with Crippen LogP contribution in [0.1, 0.15) is 10.5 Å². The van der Waals surface area contributed by atoms with Crippen molar-refractivity contribution in [1.82, 2.24) is 14.4 Å². The van der Waals surface area contributed by atoms with Gasteiger partial charge in [-0.15, -0.1) is 0 Å². The first-order valence-electron chi connectivity index (χ1n) is 9.14. The number of anilines is 1. The number of nitrogens with zero attached hydrogens (tertiary/aromatic N) is 3. The summed E-state index contributed by atoms with van der Waals surface area (Å²) < 4.78 is 17.5. The zero-order chi connectivity index (χ0) is 21.1. The van der Waals surface area contributed by atoms with Crippen molar-refractivity contribution in [2.24, 2.45) is 0 Å². The molecule has 2 aromatic carbocycles. The molecule has 0 atom stereocenters. The molecule has 0 fully saturated rings. The summed E-state index contributed by atoms with van der Waals surface area (Å²) in [5.41, 5.74) is 2.97. The number of nitrogens with one attached hydrogen (secondary N) is 1. The third-order valence-electron chi connectivity index (χ3n) is 4.61. The quantitative estimate of drug-likeness (QED) is 0.528. The largest absolute Gasteiger partial charge is 0.497 e. The molecule has 0 aliphatic carbocycles. The van der Waals surface area contributed by atoms with E-state index in [1.807, 2.05) is 24.3 Å². The SMILES string of the molecule is COc1ccc(-c2nccn3cc(C(=O)Nc4ccc(OC)c(OC)c4)nc23)cc1. The molecular weight excluding hydrogens is 384 g/mol. The minimum atomic E-state index is -0.341. The van der Waals surface area contributed by atoms with Crippen LogP contribution in [0.5, 0.6) is 17.2 Å². The van der Waals surface area contributed by atoms with Gasteiger partial charge in [0.2, 0.25) is 0 Å². The molecule has 4 aromatic rings. The van der Waals surface area contributed by atoms with Gasteiger partial charge in [-0.2, -0.15) is 0 Å². The number of rotatable bonds is 6. The average molecular weight is 404 g/mol. The molecule has 8 nitrogen and oxygen atoms in total. The molecule has 2 aromatic heterocycles. The van der Waals surface area contributed by atoms with Crippen LogP contribution in [0.3, 0.4) is 0 Å². The molecule has 1 N–H and O–H groups in total. The van der Waals surface area contributed by atoms with Gasteiger partial charge in [0.1, 0.15) is 17.1 Å². The van der Waals surface area contributed by atoms with E-state index in [4.69, 9.17) is 14.2 Å². The first kappa shape index (κ1) is 19.3. The number of imidazole rings is 1. The Kier molecular flexibility index (Phi) is 5.21. The van der Waals surface area contributed by atoms with Crippen LogP contribution < -0.4 is 19.5 Å². The fraction of sp³-hybridized carbons (Fsp3) is 0.136. The summed E-state index contributed by atoms with van der Waals surface area (Å²) >= 11 is 0. The van der Waals surface area contributed by atoms with Gasteiger partial charge in [-0.05, 0) is 36.4 Å². The summed E-state index contributed by atoms with van der Waals surface area (Å²) in [7, 11) is 4.71. The molecule has 30 heavy (non-hydrogen) atoms. The highest BCUT2D eigenvalue weighted by molar-refractivity contribution is 6.03. The predicted octanol–water partition coefficient (Wildman–Crippen LogP) is 3.67. The fourth-order valence-corrected chi connectivity index (χ4v) is 3.09. The second-order valence-electron chi connectivity index (χ2n) is 6.39. The van der Waals surface area contributed by atoms with Crippen molar-refractivity contribution in [1.29, 1.82) is 0 Å². The first-order valence-corrected chi connectivity index (χ1v) is 9.14. The number of carbonyl (C=O) groups excluding carboxylic acids is 1. The molecule has 0 spiro atoms. The molecule has 0 aliphatic rings. The van der Waals surface area contributed by atoms with Gasteiger partial charge in [-0.25, -0.2) is 4.98 Å². The van der Waals surface area contributed by atoms with Crippen molar-refractivity contribution in [3.8, 4) is 28.5 Å². The summed E-state index contributed by atoms with van der Waals surface area (Å²) in [5, 5.41) is 2.83. The van der Waals surface area contributed by atoms with E-state index in [-0.39, 0.29) is 11.6 Å². The molecular formula is C22H20N4O4. The minimum Gasteiger partial charge on any atom is -0.497 e. The van der Waals surface area contributed by atoms with Crippen molar-refractivity contribution in [3.63, 3.8) is 0 Å². The Hall–Kier alpha value is -4.07. The lowest BCUT2D eigenvalue weighted by Gasteiger charge is -2.09. The second kappa shape index (κ2) is 8.12. The standard InChI is InChI=1S/C22H20N4O4/c1-28-16-7-4-14(5-8-16)20-21-25-17(13-26(21)11-10-23-20)22(27)24-15-6-9-18(29-2)19(12-15)30-3/h4-13H,1-3H3,(H,24,27). The van der Waals surface area contributed by atoms with Crippen LogP contribution in [0, 0.1) is 0 Å². The smallest absolute Gasteiger partial charge is 0.275 e. The summed E-state index contributed by atoms with van der Waals surface area (Å²) in [4.78, 5) is 21.7. The maximum absolute atomic E-state index is 12.8. The first-order chi connectivity index (χ1) is 14.6. The van der Waals surface area contributed by atoms with Crippen LogP contribution in [0.25, 0.3) is 16.9 Å². The highest BCUT2D eigenvalue weighted by atomic mass is 16.5. The van der Waals surface area contributed by atoms with Crippen molar-refractivity contribution in [2.75, 3.05) is 26.6 Å². The Bertz CT molecular complexity index is 1200. The number of hydrogen-bond donors (Lipinski definition) is 1. The summed E-state index contributed by atoms with van der Waals surface area (Å²) in [5.74, 6) is 1.52. The Morgan fingerprint density at radius 3 is 2.43 bits per heavy atom. The van der Waals surface area contributed by atoms with Gasteiger partial charge in [0, 0.05) is 35.9 Å². The highest BCUT2D eigenvalue weighted by Crippen LogP contribution is 2.30. The van der Waals surface area contributed by atoms with E-state index in [1.165, 1.54) is 0 Å². The fourth-order valence-electron chi connectivity index (χ4n) is 3.09. The summed E-state index contributed by atoms with van der Waals surface area (Å²) in [6, 6.07) is 12.7. The average Bonchev–Trinajstić information content (AvgIpc) is 3.24. The summed E-state index contributed by atoms with van der Waals surface area (Å²) in [6.45, 7) is 0. The molecule has 0 bridgehead atoms. The van der Waals surface area contributed by atoms with Gasteiger partial charge in [0.05, 0.1) is 21.3 Å². The van der Waals surface area contributed by atoms with E-state index in [0.29, 0.717) is 28.5 Å². The Morgan fingerprint density at radius 2 is 1.73 bits per heavy atom. The molecule has 0 unspecified atom stereocenters. The van der Waals surface area contributed by atoms with Gasteiger partial charge in [-0.1, -0.05) is 0 Å². The monoisotopic (exact) mass is 404 g/mol. The van der Waals surface area contributed by atoms with Crippen molar-refractivity contribution < 1.29 is 19.0 Å². The highest BCUT2D eigenvalue weighted by Gasteiger charge is 2.16. The lowest BCUT2D eigenvalue weighted by molar-refractivity contribution is 0.102. The summed E-state index contributed by atoms with van der Waals surface area (Å²) in [6.07, 6.45) is 5.09. The van der Waals surface area contributed by atoms with Crippen molar-refractivity contribution in [3.05, 3.63) is 66.7 Å². The molecule has 152 valence electrons. The van der Waals surface area contributed by atoms with Gasteiger partial charge in [-0.3, -0.25) is 9.78 Å². The Morgan fingerprint density at radius 1 is 0.967 bits per heavy atom. The van der Waals surface area contributed by atoms with Crippen LogP contribution >= 0.6 is 0 Å². The molecule has 0 saturated heterocycles. The van der Waals surface area contributed by atoms with E-state index in [0.717, 1.165) is 11.3 Å². The van der Waals surface area contributed by atoms with Crippen LogP contribution in [-0.2, 0) is 0 Å². The van der Waals surface area contributed by atoms with Gasteiger partial charge >= 0.3 is 0 Å². The van der Waals surface area contributed by atoms with E-state index in [1.54, 1.807) is 62.5 Å². The molecule has 1 amide bonds. The van der Waals surface area contributed by atoms with Gasteiger partial charge < -0.3 is 23.9 Å². The normalized spacial score (nSPS) is 10.6. The number of ether oxygens (including phenoxy) is 3. The van der Waals surface area contributed by atoms with E-state index < -0.39 is 0 Å². The number of fused-ring (bicyclic) bond motifs is 1. The van der Waals surface area contributed by atoms with Crippen molar-refractivity contribution >= 4 is 17.2 Å². The second-order valence-corrected chi connectivity index (χ2v) is 6.39. The molecule has 4 rings (SSSR count). The van der Waals surface area contributed by atoms with Crippen molar-refractivity contribution in [2.45, 2.75) is 0 Å². The number of aromatic nitrogens is 3. The number of benzene rings is 2. The minimum absolute atomic E-state index is 0.271. The molecule has 0 radical (unpaired) electrons. The lowest BCUT2D eigenvalue weighted by atomic mass is 10.1. The number of methoxy groups -OCH3 is 3. The lowest BCUT2D eigenvalue weighted by Crippen LogP contribution is -2.12. The maximum atomic E-state index is 12.8. The third kappa shape index (κ3) is 3.62. The molecule has 0 aliphatic heterocycles. The van der Waals surface area contributed by atoms with E-state index in [2.05, 4.69) is 15.3 Å². The molecule has 2 heterocycles. The Balaban J connectivity index is 1.64. The predicted molar refractivity (Wildman–Crippen MR) is 112 cm³/mol. The van der Waals surface area contributed by atoms with Gasteiger partial charge in [0.15, 0.2) is 17.1 Å². The molecule has 8 heteroatoms. The van der Waals surface area contributed by atoms with Gasteiger partial charge in [0.25, 0.3) is 5.91 Å². The van der Waals surface area contributed by atoms with Crippen LogP contribution in [0.2, 0.25) is 0 Å². The van der Waals surface area contributed by atoms with E-state index in [9.17, 15) is 4.79 Å². The van der Waals surface area contributed by atoms with Crippen LogP contribution in [0.4, 0.5) is 5.69 Å².